The maximum Gasteiger partial charge on any atom is 0.311 e. The van der Waals surface area contributed by atoms with E-state index in [-0.39, 0.29) is 11.9 Å². The molecular weight excluding hydrogens is 340 g/mol. The Labute approximate surface area is 164 Å². The number of esters is 2. The van der Waals surface area contributed by atoms with Gasteiger partial charge in [0.25, 0.3) is 0 Å². The molecule has 0 fully saturated rings. The average molecular weight is 377 g/mol. The molecule has 0 radical (unpaired) electrons. The van der Waals surface area contributed by atoms with Crippen molar-refractivity contribution >= 4 is 11.9 Å². The standard InChI is InChI=1S/C23H36O4/c1-4-7-8-9-17-22(24)26-20-15-11-12-16-21(20)27-23(25)18-13-10-14-19(5-2)6-3/h11-12,15-16,19H,4-10,13-14,17-18H2,1-3H3. The molecule has 0 aromatic heterocycles. The monoisotopic (exact) mass is 376 g/mol. The summed E-state index contributed by atoms with van der Waals surface area (Å²) < 4.78 is 10.8. The second-order valence-electron chi connectivity index (χ2n) is 7.13. The molecule has 0 atom stereocenters. The second-order valence-corrected chi connectivity index (χ2v) is 7.13. The minimum absolute atomic E-state index is 0.272. The van der Waals surface area contributed by atoms with E-state index in [1.165, 1.54) is 12.8 Å². The highest BCUT2D eigenvalue weighted by molar-refractivity contribution is 5.76. The molecule has 0 aliphatic carbocycles. The zero-order chi connectivity index (χ0) is 19.9. The summed E-state index contributed by atoms with van der Waals surface area (Å²) in [5, 5.41) is 0. The minimum Gasteiger partial charge on any atom is -0.423 e. The lowest BCUT2D eigenvalue weighted by Gasteiger charge is -2.12. The van der Waals surface area contributed by atoms with Gasteiger partial charge in [-0.15, -0.1) is 0 Å². The number of ether oxygens (including phenoxy) is 2. The number of hydrogen-bond acceptors (Lipinski definition) is 4. The largest absolute Gasteiger partial charge is 0.423 e. The molecule has 4 heteroatoms. The molecule has 0 spiro atoms. The van der Waals surface area contributed by atoms with Crippen LogP contribution in [-0.4, -0.2) is 11.9 Å². The lowest BCUT2D eigenvalue weighted by atomic mass is 9.96. The first-order valence-electron chi connectivity index (χ1n) is 10.6. The summed E-state index contributed by atoms with van der Waals surface area (Å²) in [6.07, 6.45) is 10.3. The highest BCUT2D eigenvalue weighted by atomic mass is 16.6. The van der Waals surface area contributed by atoms with Gasteiger partial charge in [-0.2, -0.15) is 0 Å². The van der Waals surface area contributed by atoms with Crippen molar-refractivity contribution in [2.45, 2.75) is 91.4 Å². The third-order valence-corrected chi connectivity index (χ3v) is 4.93. The molecule has 4 nitrogen and oxygen atoms in total. The van der Waals surface area contributed by atoms with Gasteiger partial charge in [0.2, 0.25) is 0 Å². The fourth-order valence-corrected chi connectivity index (χ4v) is 3.06. The molecule has 0 saturated heterocycles. The maximum absolute atomic E-state index is 12.1. The van der Waals surface area contributed by atoms with Crippen LogP contribution < -0.4 is 9.47 Å². The number of rotatable bonds is 14. The van der Waals surface area contributed by atoms with Crippen LogP contribution in [-0.2, 0) is 9.59 Å². The third-order valence-electron chi connectivity index (χ3n) is 4.93. The van der Waals surface area contributed by atoms with Gasteiger partial charge in [0.1, 0.15) is 0 Å². The Bertz CT molecular complexity index is 549. The smallest absolute Gasteiger partial charge is 0.311 e. The molecule has 1 rings (SSSR count). The van der Waals surface area contributed by atoms with Crippen LogP contribution in [0.15, 0.2) is 24.3 Å². The van der Waals surface area contributed by atoms with Gasteiger partial charge in [0.15, 0.2) is 11.5 Å². The van der Waals surface area contributed by atoms with Crippen LogP contribution in [0.25, 0.3) is 0 Å². The van der Waals surface area contributed by atoms with E-state index in [9.17, 15) is 9.59 Å². The lowest BCUT2D eigenvalue weighted by Crippen LogP contribution is -2.12. The maximum atomic E-state index is 12.1. The van der Waals surface area contributed by atoms with Crippen LogP contribution in [0.1, 0.15) is 91.4 Å². The number of carbonyl (C=O) groups is 2. The Hall–Kier alpha value is -1.84. The predicted molar refractivity (Wildman–Crippen MR) is 109 cm³/mol. The van der Waals surface area contributed by atoms with E-state index < -0.39 is 0 Å². The molecule has 0 aliphatic heterocycles. The first-order chi connectivity index (χ1) is 13.1. The molecule has 0 unspecified atom stereocenters. The fourth-order valence-electron chi connectivity index (χ4n) is 3.06. The van der Waals surface area contributed by atoms with Crippen molar-refractivity contribution in [3.05, 3.63) is 24.3 Å². The topological polar surface area (TPSA) is 52.6 Å². The number of carbonyl (C=O) groups excluding carboxylic acids is 2. The minimum atomic E-state index is -0.278. The number of hydrogen-bond donors (Lipinski definition) is 0. The zero-order valence-corrected chi connectivity index (χ0v) is 17.3. The van der Waals surface area contributed by atoms with Crippen molar-refractivity contribution in [1.29, 1.82) is 0 Å². The van der Waals surface area contributed by atoms with Gasteiger partial charge in [-0.25, -0.2) is 0 Å². The van der Waals surface area contributed by atoms with Gasteiger partial charge < -0.3 is 9.47 Å². The SMILES string of the molecule is CCCCCCC(=O)Oc1ccccc1OC(=O)CCCCC(CC)CC. The molecule has 0 saturated carbocycles. The molecule has 0 amide bonds. The zero-order valence-electron chi connectivity index (χ0n) is 17.3. The first kappa shape index (κ1) is 23.2. The summed E-state index contributed by atoms with van der Waals surface area (Å²) >= 11 is 0. The van der Waals surface area contributed by atoms with Crippen LogP contribution in [0.2, 0.25) is 0 Å². The summed E-state index contributed by atoms with van der Waals surface area (Å²) in [7, 11) is 0. The summed E-state index contributed by atoms with van der Waals surface area (Å²) in [6.45, 7) is 6.56. The van der Waals surface area contributed by atoms with E-state index >= 15 is 0 Å². The lowest BCUT2D eigenvalue weighted by molar-refractivity contribution is -0.137. The van der Waals surface area contributed by atoms with Crippen LogP contribution in [0.5, 0.6) is 11.5 Å². The molecular formula is C23H36O4. The van der Waals surface area contributed by atoms with E-state index in [2.05, 4.69) is 20.8 Å². The summed E-state index contributed by atoms with van der Waals surface area (Å²) in [5.41, 5.74) is 0. The van der Waals surface area contributed by atoms with Crippen molar-refractivity contribution in [2.75, 3.05) is 0 Å². The van der Waals surface area contributed by atoms with Crippen molar-refractivity contribution in [1.82, 2.24) is 0 Å². The van der Waals surface area contributed by atoms with Crippen molar-refractivity contribution in [2.24, 2.45) is 5.92 Å². The molecule has 0 N–H and O–H groups in total. The third kappa shape index (κ3) is 10.2. The van der Waals surface area contributed by atoms with Crippen molar-refractivity contribution in [3.63, 3.8) is 0 Å². The van der Waals surface area contributed by atoms with E-state index in [0.717, 1.165) is 50.9 Å². The van der Waals surface area contributed by atoms with Crippen LogP contribution in [0.3, 0.4) is 0 Å². The average Bonchev–Trinajstić information content (AvgIpc) is 2.67. The van der Waals surface area contributed by atoms with Crippen molar-refractivity contribution in [3.8, 4) is 11.5 Å². The fraction of sp³-hybridized carbons (Fsp3) is 0.652. The van der Waals surface area contributed by atoms with E-state index in [4.69, 9.17) is 9.47 Å². The Balaban J connectivity index is 2.42. The van der Waals surface area contributed by atoms with Crippen molar-refractivity contribution < 1.29 is 19.1 Å². The van der Waals surface area contributed by atoms with Gasteiger partial charge in [0.05, 0.1) is 0 Å². The molecule has 1 aromatic carbocycles. The summed E-state index contributed by atoms with van der Waals surface area (Å²) in [4.78, 5) is 24.1. The van der Waals surface area contributed by atoms with Crippen LogP contribution in [0, 0.1) is 5.92 Å². The quantitative estimate of drug-likeness (QED) is 0.212. The van der Waals surface area contributed by atoms with Crippen LogP contribution >= 0.6 is 0 Å². The first-order valence-corrected chi connectivity index (χ1v) is 10.6. The van der Waals surface area contributed by atoms with E-state index in [1.807, 2.05) is 0 Å². The highest BCUT2D eigenvalue weighted by Gasteiger charge is 2.13. The number of unbranched alkanes of at least 4 members (excludes halogenated alkanes) is 4. The predicted octanol–water partition coefficient (Wildman–Crippen LogP) is 6.46. The van der Waals surface area contributed by atoms with Gasteiger partial charge >= 0.3 is 11.9 Å². The molecule has 0 heterocycles. The van der Waals surface area contributed by atoms with Gasteiger partial charge in [-0.3, -0.25) is 9.59 Å². The Morgan fingerprint density at radius 3 is 1.78 bits per heavy atom. The van der Waals surface area contributed by atoms with Gasteiger partial charge in [0, 0.05) is 12.8 Å². The van der Waals surface area contributed by atoms with Gasteiger partial charge in [-0.1, -0.05) is 77.8 Å². The molecule has 27 heavy (non-hydrogen) atoms. The van der Waals surface area contributed by atoms with Gasteiger partial charge in [-0.05, 0) is 30.9 Å². The normalized spacial score (nSPS) is 10.8. The van der Waals surface area contributed by atoms with E-state index in [1.54, 1.807) is 24.3 Å². The summed E-state index contributed by atoms with van der Waals surface area (Å²) in [6, 6.07) is 6.88. The highest BCUT2D eigenvalue weighted by Crippen LogP contribution is 2.27. The Kier molecular flexibility index (Phi) is 12.2. The molecule has 1 aromatic rings. The molecule has 0 aliphatic rings. The Morgan fingerprint density at radius 2 is 1.30 bits per heavy atom. The number of benzene rings is 1. The second kappa shape index (κ2) is 14.2. The van der Waals surface area contributed by atoms with Crippen LogP contribution in [0.4, 0.5) is 0 Å². The molecule has 152 valence electrons. The molecule has 0 bridgehead atoms. The number of para-hydroxylation sites is 2. The summed E-state index contributed by atoms with van der Waals surface area (Å²) in [5.74, 6) is 0.844. The Morgan fingerprint density at radius 1 is 0.778 bits per heavy atom. The van der Waals surface area contributed by atoms with E-state index in [0.29, 0.717) is 24.3 Å².